The van der Waals surface area contributed by atoms with Crippen molar-refractivity contribution >= 4 is 5.97 Å². The Bertz CT molecular complexity index is 900. The van der Waals surface area contributed by atoms with Crippen LogP contribution in [0.1, 0.15) is 15.9 Å². The number of benzene rings is 1. The molecule has 0 fully saturated rings. The minimum absolute atomic E-state index is 0.0680. The second-order valence-electron chi connectivity index (χ2n) is 4.64. The van der Waals surface area contributed by atoms with E-state index in [0.717, 1.165) is 0 Å². The van der Waals surface area contributed by atoms with Gasteiger partial charge in [0, 0.05) is 11.9 Å². The van der Waals surface area contributed by atoms with Crippen LogP contribution in [-0.4, -0.2) is 36.3 Å². The van der Waals surface area contributed by atoms with Gasteiger partial charge in [-0.25, -0.2) is 4.79 Å². The summed E-state index contributed by atoms with van der Waals surface area (Å²) in [4.78, 5) is 23.5. The first-order chi connectivity index (χ1) is 11.1. The summed E-state index contributed by atoms with van der Waals surface area (Å²) < 4.78 is 6.58. The Morgan fingerprint density at radius 3 is 2.61 bits per heavy atom. The third-order valence-electron chi connectivity index (χ3n) is 3.16. The molecule has 0 atom stereocenters. The molecule has 9 nitrogen and oxygen atoms in total. The molecule has 0 aliphatic rings. The maximum Gasteiger partial charge on any atom is 0.361 e. The third-order valence-corrected chi connectivity index (χ3v) is 3.16. The van der Waals surface area contributed by atoms with Crippen LogP contribution in [0.5, 0.6) is 11.8 Å². The van der Waals surface area contributed by atoms with Crippen LogP contribution in [0.3, 0.4) is 0 Å². The molecule has 3 aromatic rings. The van der Waals surface area contributed by atoms with Crippen LogP contribution < -0.4 is 10.3 Å². The van der Waals surface area contributed by atoms with Crippen molar-refractivity contribution in [2.45, 2.75) is 6.92 Å². The predicted octanol–water partition coefficient (Wildman–Crippen LogP) is 1.15. The molecule has 0 bridgehead atoms. The highest BCUT2D eigenvalue weighted by Gasteiger charge is 2.15. The minimum atomic E-state index is -1.25. The Hall–Kier alpha value is -3.49. The fraction of sp³-hybridized carbons (Fsp3) is 0.0714. The van der Waals surface area contributed by atoms with E-state index >= 15 is 0 Å². The van der Waals surface area contributed by atoms with Crippen molar-refractivity contribution in [3.05, 3.63) is 58.0 Å². The SMILES string of the molecule is Cc1ccn(-c2ccc(Oc3nn[nH]n3)cc2)c(=O)c1C(=O)O. The van der Waals surface area contributed by atoms with E-state index in [1.165, 1.54) is 10.8 Å². The summed E-state index contributed by atoms with van der Waals surface area (Å²) in [5.41, 5.74) is 0.0812. The Morgan fingerprint density at radius 2 is 2.00 bits per heavy atom. The van der Waals surface area contributed by atoms with Gasteiger partial charge in [0.15, 0.2) is 0 Å². The number of aryl methyl sites for hydroxylation is 1. The standard InChI is InChI=1S/C14H11N5O4/c1-8-6-7-19(12(20)11(8)13(21)22)9-2-4-10(5-3-9)23-14-15-17-18-16-14/h2-7H,1H3,(H,21,22)(H,15,16,17,18). The van der Waals surface area contributed by atoms with Gasteiger partial charge in [0.1, 0.15) is 11.3 Å². The summed E-state index contributed by atoms with van der Waals surface area (Å²) in [6, 6.07) is 8.11. The number of carbonyl (C=O) groups is 1. The third kappa shape index (κ3) is 2.79. The average Bonchev–Trinajstić information content (AvgIpc) is 3.01. The molecule has 0 amide bonds. The van der Waals surface area contributed by atoms with E-state index in [1.54, 1.807) is 37.3 Å². The number of nitrogens with zero attached hydrogens (tertiary/aromatic N) is 4. The number of hydrogen-bond donors (Lipinski definition) is 2. The average molecular weight is 313 g/mol. The summed E-state index contributed by atoms with van der Waals surface area (Å²) in [6.07, 6.45) is 1.53. The van der Waals surface area contributed by atoms with Gasteiger partial charge in [0.25, 0.3) is 5.56 Å². The normalized spacial score (nSPS) is 10.5. The maximum absolute atomic E-state index is 12.3. The van der Waals surface area contributed by atoms with E-state index in [4.69, 9.17) is 9.84 Å². The highest BCUT2D eigenvalue weighted by atomic mass is 16.5. The zero-order valence-corrected chi connectivity index (χ0v) is 11.9. The van der Waals surface area contributed by atoms with E-state index in [0.29, 0.717) is 17.0 Å². The molecular weight excluding hydrogens is 302 g/mol. The summed E-state index contributed by atoms with van der Waals surface area (Å²) >= 11 is 0. The molecule has 0 aliphatic carbocycles. The van der Waals surface area contributed by atoms with Crippen molar-refractivity contribution in [1.82, 2.24) is 25.2 Å². The van der Waals surface area contributed by atoms with Crippen LogP contribution >= 0.6 is 0 Å². The molecule has 0 saturated carbocycles. The summed E-state index contributed by atoms with van der Waals surface area (Å²) in [6.45, 7) is 1.58. The zero-order chi connectivity index (χ0) is 16.4. The molecule has 3 rings (SSSR count). The van der Waals surface area contributed by atoms with Crippen molar-refractivity contribution in [2.75, 3.05) is 0 Å². The van der Waals surface area contributed by atoms with Crippen molar-refractivity contribution in [1.29, 1.82) is 0 Å². The van der Waals surface area contributed by atoms with E-state index in [-0.39, 0.29) is 11.6 Å². The number of ether oxygens (including phenoxy) is 1. The minimum Gasteiger partial charge on any atom is -0.477 e. The van der Waals surface area contributed by atoms with Crippen molar-refractivity contribution in [3.63, 3.8) is 0 Å². The van der Waals surface area contributed by atoms with Crippen LogP contribution in [0.2, 0.25) is 0 Å². The molecule has 0 saturated heterocycles. The molecule has 2 N–H and O–H groups in total. The zero-order valence-electron chi connectivity index (χ0n) is 11.9. The molecule has 0 unspecified atom stereocenters. The number of aromatic nitrogens is 5. The van der Waals surface area contributed by atoms with Gasteiger partial charge in [-0.2, -0.15) is 5.21 Å². The fourth-order valence-corrected chi connectivity index (χ4v) is 2.07. The number of carboxylic acids is 1. The van der Waals surface area contributed by atoms with Crippen LogP contribution in [0.15, 0.2) is 41.3 Å². The largest absolute Gasteiger partial charge is 0.477 e. The molecule has 1 aromatic carbocycles. The van der Waals surface area contributed by atoms with E-state index in [1.807, 2.05) is 0 Å². The molecule has 23 heavy (non-hydrogen) atoms. The number of pyridine rings is 1. The lowest BCUT2D eigenvalue weighted by molar-refractivity contribution is 0.0693. The fourth-order valence-electron chi connectivity index (χ4n) is 2.07. The van der Waals surface area contributed by atoms with Crippen LogP contribution in [0, 0.1) is 6.92 Å². The molecule has 0 radical (unpaired) electrons. The number of hydrogen-bond acceptors (Lipinski definition) is 6. The quantitative estimate of drug-likeness (QED) is 0.740. The number of H-pyrrole nitrogens is 1. The first kappa shape index (κ1) is 14.4. The first-order valence-electron chi connectivity index (χ1n) is 6.53. The van der Waals surface area contributed by atoms with Gasteiger partial charge in [-0.3, -0.25) is 9.36 Å². The lowest BCUT2D eigenvalue weighted by Gasteiger charge is -2.09. The van der Waals surface area contributed by atoms with Gasteiger partial charge in [-0.1, -0.05) is 10.2 Å². The molecule has 116 valence electrons. The molecule has 2 aromatic heterocycles. The lowest BCUT2D eigenvalue weighted by Crippen LogP contribution is -2.25. The second kappa shape index (κ2) is 5.72. The van der Waals surface area contributed by atoms with E-state index in [2.05, 4.69) is 20.6 Å². The molecular formula is C14H11N5O4. The Morgan fingerprint density at radius 1 is 1.26 bits per heavy atom. The van der Waals surface area contributed by atoms with Gasteiger partial charge in [-0.15, -0.1) is 0 Å². The highest BCUT2D eigenvalue weighted by Crippen LogP contribution is 2.18. The Labute approximate surface area is 129 Å². The maximum atomic E-state index is 12.3. The van der Waals surface area contributed by atoms with Crippen LogP contribution in [0.4, 0.5) is 0 Å². The van der Waals surface area contributed by atoms with E-state index < -0.39 is 11.5 Å². The lowest BCUT2D eigenvalue weighted by atomic mass is 10.1. The molecule has 0 aliphatic heterocycles. The molecule has 9 heteroatoms. The monoisotopic (exact) mass is 313 g/mol. The summed E-state index contributed by atoms with van der Waals surface area (Å²) in [7, 11) is 0. The molecule has 2 heterocycles. The number of tetrazole rings is 1. The number of carboxylic acid groups (broad SMARTS) is 1. The van der Waals surface area contributed by atoms with Gasteiger partial charge in [0.2, 0.25) is 0 Å². The van der Waals surface area contributed by atoms with E-state index in [9.17, 15) is 9.59 Å². The topological polar surface area (TPSA) is 123 Å². The Balaban J connectivity index is 1.95. The number of rotatable bonds is 4. The Kier molecular flexibility index (Phi) is 3.59. The van der Waals surface area contributed by atoms with Crippen molar-refractivity contribution < 1.29 is 14.6 Å². The number of aromatic amines is 1. The van der Waals surface area contributed by atoms with Crippen LogP contribution in [0.25, 0.3) is 5.69 Å². The van der Waals surface area contributed by atoms with Crippen LogP contribution in [-0.2, 0) is 0 Å². The summed E-state index contributed by atoms with van der Waals surface area (Å²) in [5, 5.41) is 22.1. The highest BCUT2D eigenvalue weighted by molar-refractivity contribution is 5.88. The van der Waals surface area contributed by atoms with Crippen molar-refractivity contribution in [2.24, 2.45) is 0 Å². The second-order valence-corrected chi connectivity index (χ2v) is 4.64. The summed E-state index contributed by atoms with van der Waals surface area (Å²) in [5.74, 6) is -0.798. The van der Waals surface area contributed by atoms with Gasteiger partial charge in [-0.05, 0) is 48.0 Å². The smallest absolute Gasteiger partial charge is 0.361 e. The van der Waals surface area contributed by atoms with Gasteiger partial charge in [0.05, 0.1) is 0 Å². The van der Waals surface area contributed by atoms with Gasteiger partial charge >= 0.3 is 12.0 Å². The number of aromatic carboxylic acids is 1. The number of nitrogens with one attached hydrogen (secondary N) is 1. The molecule has 0 spiro atoms. The predicted molar refractivity (Wildman–Crippen MR) is 78.0 cm³/mol. The van der Waals surface area contributed by atoms with Gasteiger partial charge < -0.3 is 9.84 Å². The first-order valence-corrected chi connectivity index (χ1v) is 6.53. The van der Waals surface area contributed by atoms with Crippen molar-refractivity contribution in [3.8, 4) is 17.4 Å².